The first-order chi connectivity index (χ1) is 10.4. The van der Waals surface area contributed by atoms with Crippen LogP contribution in [0.15, 0.2) is 24.3 Å². The van der Waals surface area contributed by atoms with Crippen molar-refractivity contribution in [2.75, 3.05) is 54.4 Å². The Balaban J connectivity index is 2.65. The van der Waals surface area contributed by atoms with Crippen LogP contribution >= 0.6 is 11.6 Å². The van der Waals surface area contributed by atoms with Crippen LogP contribution in [0, 0.1) is 0 Å². The number of nitrogens with zero attached hydrogens (tertiary/aromatic N) is 3. The van der Waals surface area contributed by atoms with Gasteiger partial charge in [-0.1, -0.05) is 11.6 Å². The molecule has 0 aliphatic rings. The first-order valence-electron chi connectivity index (χ1n) is 7.74. The van der Waals surface area contributed by atoms with Crippen molar-refractivity contribution in [2.24, 2.45) is 0 Å². The van der Waals surface area contributed by atoms with Gasteiger partial charge in [0.25, 0.3) is 5.91 Å². The molecule has 0 saturated heterocycles. The minimum atomic E-state index is 0.0918. The van der Waals surface area contributed by atoms with Gasteiger partial charge in [-0.3, -0.25) is 4.79 Å². The van der Waals surface area contributed by atoms with Crippen LogP contribution in [0.2, 0.25) is 5.02 Å². The van der Waals surface area contributed by atoms with E-state index in [1.807, 2.05) is 4.90 Å². The Morgan fingerprint density at radius 2 is 1.32 bits per heavy atom. The summed E-state index contributed by atoms with van der Waals surface area (Å²) in [5.41, 5.74) is 0.708. The molecule has 124 valence electrons. The number of rotatable bonds is 9. The molecule has 0 spiro atoms. The van der Waals surface area contributed by atoms with Gasteiger partial charge < -0.3 is 14.7 Å². The van der Waals surface area contributed by atoms with Crippen molar-refractivity contribution in [1.29, 1.82) is 0 Å². The molecule has 0 radical (unpaired) electrons. The third kappa shape index (κ3) is 7.25. The van der Waals surface area contributed by atoms with Gasteiger partial charge in [0.2, 0.25) is 0 Å². The second kappa shape index (κ2) is 9.82. The molecule has 0 saturated carbocycles. The van der Waals surface area contributed by atoms with E-state index in [-0.39, 0.29) is 5.91 Å². The van der Waals surface area contributed by atoms with Gasteiger partial charge in [-0.15, -0.1) is 0 Å². The highest BCUT2D eigenvalue weighted by Crippen LogP contribution is 2.12. The van der Waals surface area contributed by atoms with Gasteiger partial charge in [-0.2, -0.15) is 0 Å². The summed E-state index contributed by atoms with van der Waals surface area (Å²) in [5.74, 6) is 0.0918. The average Bonchev–Trinajstić information content (AvgIpc) is 2.45. The smallest absolute Gasteiger partial charge is 0.253 e. The molecule has 5 heteroatoms. The Labute approximate surface area is 139 Å². The fourth-order valence-corrected chi connectivity index (χ4v) is 2.37. The standard InChI is InChI=1S/C17H28ClN3O/c1-19(2)11-5-13-21(14-6-12-20(3)4)17(22)15-7-9-16(18)10-8-15/h7-10H,5-6,11-14H2,1-4H3. The maximum Gasteiger partial charge on any atom is 0.253 e. The molecule has 0 aliphatic carbocycles. The lowest BCUT2D eigenvalue weighted by atomic mass is 10.2. The molecule has 0 atom stereocenters. The summed E-state index contributed by atoms with van der Waals surface area (Å²) < 4.78 is 0. The van der Waals surface area contributed by atoms with E-state index >= 15 is 0 Å². The van der Waals surface area contributed by atoms with Crippen LogP contribution < -0.4 is 0 Å². The molecule has 0 heterocycles. The summed E-state index contributed by atoms with van der Waals surface area (Å²) in [6.07, 6.45) is 1.96. The first kappa shape index (κ1) is 18.9. The van der Waals surface area contributed by atoms with Crippen LogP contribution in [-0.2, 0) is 0 Å². The van der Waals surface area contributed by atoms with Gasteiger partial charge in [0, 0.05) is 23.7 Å². The molecule has 0 bridgehead atoms. The largest absolute Gasteiger partial charge is 0.339 e. The zero-order chi connectivity index (χ0) is 16.5. The van der Waals surface area contributed by atoms with Gasteiger partial charge >= 0.3 is 0 Å². The molecule has 0 unspecified atom stereocenters. The zero-order valence-corrected chi connectivity index (χ0v) is 14.9. The second-order valence-electron chi connectivity index (χ2n) is 6.11. The fourth-order valence-electron chi connectivity index (χ4n) is 2.25. The van der Waals surface area contributed by atoms with Gasteiger partial charge in [-0.05, 0) is 78.4 Å². The summed E-state index contributed by atoms with van der Waals surface area (Å²) in [4.78, 5) is 18.9. The third-order valence-corrected chi connectivity index (χ3v) is 3.70. The van der Waals surface area contributed by atoms with E-state index in [1.54, 1.807) is 24.3 Å². The number of hydrogen-bond acceptors (Lipinski definition) is 3. The predicted molar refractivity (Wildman–Crippen MR) is 93.7 cm³/mol. The molecule has 0 N–H and O–H groups in total. The van der Waals surface area contributed by atoms with E-state index < -0.39 is 0 Å². The lowest BCUT2D eigenvalue weighted by Gasteiger charge is -2.24. The quantitative estimate of drug-likeness (QED) is 0.698. The van der Waals surface area contributed by atoms with Crippen molar-refractivity contribution < 1.29 is 4.79 Å². The van der Waals surface area contributed by atoms with Crippen LogP contribution in [0.1, 0.15) is 23.2 Å². The maximum absolute atomic E-state index is 12.7. The predicted octanol–water partition coefficient (Wildman–Crippen LogP) is 2.69. The molecule has 0 fully saturated rings. The molecule has 1 amide bonds. The summed E-state index contributed by atoms with van der Waals surface area (Å²) in [6.45, 7) is 3.54. The topological polar surface area (TPSA) is 26.8 Å². The van der Waals surface area contributed by atoms with Crippen LogP contribution in [0.5, 0.6) is 0 Å². The summed E-state index contributed by atoms with van der Waals surface area (Å²) >= 11 is 5.90. The maximum atomic E-state index is 12.7. The zero-order valence-electron chi connectivity index (χ0n) is 14.2. The van der Waals surface area contributed by atoms with E-state index in [2.05, 4.69) is 38.0 Å². The number of carbonyl (C=O) groups is 1. The van der Waals surface area contributed by atoms with E-state index in [1.165, 1.54) is 0 Å². The van der Waals surface area contributed by atoms with E-state index in [4.69, 9.17) is 11.6 Å². The van der Waals surface area contributed by atoms with Crippen LogP contribution in [0.3, 0.4) is 0 Å². The molecule has 1 rings (SSSR count). The highest BCUT2D eigenvalue weighted by Gasteiger charge is 2.15. The Morgan fingerprint density at radius 1 is 0.864 bits per heavy atom. The van der Waals surface area contributed by atoms with E-state index in [0.29, 0.717) is 10.6 Å². The van der Waals surface area contributed by atoms with Gasteiger partial charge in [0.1, 0.15) is 0 Å². The normalized spacial score (nSPS) is 11.2. The summed E-state index contributed by atoms with van der Waals surface area (Å²) in [5, 5.41) is 0.656. The molecule has 0 aliphatic heterocycles. The molecule has 1 aromatic rings. The number of benzene rings is 1. The van der Waals surface area contributed by atoms with Crippen LogP contribution in [-0.4, -0.2) is 75.0 Å². The van der Waals surface area contributed by atoms with Crippen molar-refractivity contribution in [2.45, 2.75) is 12.8 Å². The van der Waals surface area contributed by atoms with Gasteiger partial charge in [-0.25, -0.2) is 0 Å². The summed E-state index contributed by atoms with van der Waals surface area (Å²) in [6, 6.07) is 7.14. The van der Waals surface area contributed by atoms with Crippen LogP contribution in [0.4, 0.5) is 0 Å². The minimum Gasteiger partial charge on any atom is -0.339 e. The van der Waals surface area contributed by atoms with Crippen molar-refractivity contribution in [3.63, 3.8) is 0 Å². The molecular weight excluding hydrogens is 298 g/mol. The van der Waals surface area contributed by atoms with E-state index in [9.17, 15) is 4.79 Å². The molecular formula is C17H28ClN3O. The average molecular weight is 326 g/mol. The molecule has 0 aromatic heterocycles. The number of hydrogen-bond donors (Lipinski definition) is 0. The monoisotopic (exact) mass is 325 g/mol. The Bertz CT molecular complexity index is 432. The van der Waals surface area contributed by atoms with Crippen molar-refractivity contribution in [1.82, 2.24) is 14.7 Å². The van der Waals surface area contributed by atoms with Crippen molar-refractivity contribution in [3.8, 4) is 0 Å². The fraction of sp³-hybridized carbons (Fsp3) is 0.588. The molecule has 22 heavy (non-hydrogen) atoms. The number of carbonyl (C=O) groups excluding carboxylic acids is 1. The summed E-state index contributed by atoms with van der Waals surface area (Å²) in [7, 11) is 8.21. The number of halogens is 1. The van der Waals surface area contributed by atoms with Crippen LogP contribution in [0.25, 0.3) is 0 Å². The molecule has 1 aromatic carbocycles. The Morgan fingerprint density at radius 3 is 1.73 bits per heavy atom. The lowest BCUT2D eigenvalue weighted by Crippen LogP contribution is -2.35. The van der Waals surface area contributed by atoms with E-state index in [0.717, 1.165) is 39.0 Å². The van der Waals surface area contributed by atoms with Crippen molar-refractivity contribution >= 4 is 17.5 Å². The Hall–Kier alpha value is -1.10. The minimum absolute atomic E-state index is 0.0918. The molecule has 4 nitrogen and oxygen atoms in total. The first-order valence-corrected chi connectivity index (χ1v) is 8.12. The SMILES string of the molecule is CN(C)CCCN(CCCN(C)C)C(=O)c1ccc(Cl)cc1. The lowest BCUT2D eigenvalue weighted by molar-refractivity contribution is 0.0744. The Kier molecular flexibility index (Phi) is 8.46. The second-order valence-corrected chi connectivity index (χ2v) is 6.55. The van der Waals surface area contributed by atoms with Gasteiger partial charge in [0.15, 0.2) is 0 Å². The highest BCUT2D eigenvalue weighted by atomic mass is 35.5. The highest BCUT2D eigenvalue weighted by molar-refractivity contribution is 6.30. The van der Waals surface area contributed by atoms with Gasteiger partial charge in [0.05, 0.1) is 0 Å². The van der Waals surface area contributed by atoms with Crippen molar-refractivity contribution in [3.05, 3.63) is 34.9 Å². The third-order valence-electron chi connectivity index (χ3n) is 3.45. The number of amides is 1.